The average Bonchev–Trinajstić information content (AvgIpc) is 3.81. The number of rotatable bonds is 7. The van der Waals surface area contributed by atoms with Gasteiger partial charge in [-0.2, -0.15) is 0 Å². The molecule has 0 saturated carbocycles. The second-order valence-corrected chi connectivity index (χ2v) is 23.2. The fourth-order valence-electron chi connectivity index (χ4n) is 9.41. The lowest BCUT2D eigenvalue weighted by Gasteiger charge is -2.29. The lowest BCUT2D eigenvalue weighted by molar-refractivity contribution is 0.480. The van der Waals surface area contributed by atoms with Crippen LogP contribution in [-0.2, 0) is 27.1 Å². The molecule has 0 unspecified atom stereocenters. The number of pyridine rings is 1. The van der Waals surface area contributed by atoms with Crippen LogP contribution in [0.25, 0.3) is 27.6 Å². The van der Waals surface area contributed by atoms with Gasteiger partial charge in [0.2, 0.25) is 0 Å². The lowest BCUT2D eigenvalue weighted by Crippen LogP contribution is -2.25. The van der Waals surface area contributed by atoms with E-state index < -0.39 is 0 Å². The molecule has 0 atom stereocenters. The highest BCUT2D eigenvalue weighted by atomic mass is 16.5. The zero-order valence-corrected chi connectivity index (χ0v) is 41.8. The molecule has 0 fully saturated rings. The van der Waals surface area contributed by atoms with Crippen molar-refractivity contribution in [2.75, 3.05) is 16.5 Å². The zero-order chi connectivity index (χ0) is 47.1. The standard InChI is InChI=1S/C61H68N4O/c1-57(2,3)41-21-18-22-46(31-41)63-39-64(53-28-24-43(35-55(53)63)59(7,8)9)47-32-45(61(13,14)40-19-16-15-17-20-40)33-49(37-47)66-48-25-26-50-51-34-42(58(4,5)6)23-27-52(51)65(54(50)38-48)56-36-44(29-30-62-56)60(10,11)12/h15-38H,39H2,1-14H3. The maximum atomic E-state index is 7.14. The molecule has 0 N–H and O–H groups in total. The largest absolute Gasteiger partial charge is 0.457 e. The fraction of sp³-hybridized carbons (Fsp3) is 0.328. The Bertz CT molecular complexity index is 3110. The summed E-state index contributed by atoms with van der Waals surface area (Å²) in [6.45, 7) is 32.7. The molecule has 0 bridgehead atoms. The first kappa shape index (κ1) is 44.9. The minimum atomic E-state index is -0.320. The second-order valence-electron chi connectivity index (χ2n) is 23.2. The van der Waals surface area contributed by atoms with Crippen molar-refractivity contribution < 1.29 is 4.74 Å². The summed E-state index contributed by atoms with van der Waals surface area (Å²) in [6, 6.07) is 51.6. The Hall–Kier alpha value is -6.33. The van der Waals surface area contributed by atoms with Crippen molar-refractivity contribution >= 4 is 44.6 Å². The molecule has 0 amide bonds. The van der Waals surface area contributed by atoms with E-state index in [1.165, 1.54) is 61.2 Å². The molecule has 3 heterocycles. The van der Waals surface area contributed by atoms with Crippen molar-refractivity contribution in [1.82, 2.24) is 9.55 Å². The van der Waals surface area contributed by atoms with E-state index in [0.717, 1.165) is 34.0 Å². The van der Waals surface area contributed by atoms with Crippen LogP contribution >= 0.6 is 0 Å². The van der Waals surface area contributed by atoms with E-state index in [0.29, 0.717) is 6.67 Å². The van der Waals surface area contributed by atoms with Gasteiger partial charge in [-0.3, -0.25) is 4.57 Å². The molecular weight excluding hydrogens is 805 g/mol. The van der Waals surface area contributed by atoms with Crippen LogP contribution in [0.4, 0.5) is 22.7 Å². The maximum Gasteiger partial charge on any atom is 0.137 e. The third-order valence-corrected chi connectivity index (χ3v) is 13.8. The number of hydrogen-bond donors (Lipinski definition) is 0. The van der Waals surface area contributed by atoms with E-state index in [1.54, 1.807) is 0 Å². The van der Waals surface area contributed by atoms with Crippen LogP contribution in [0.3, 0.4) is 0 Å². The molecule has 8 aromatic rings. The van der Waals surface area contributed by atoms with Gasteiger partial charge in [0.25, 0.3) is 0 Å². The highest BCUT2D eigenvalue weighted by molar-refractivity contribution is 6.10. The molecule has 0 radical (unpaired) electrons. The predicted molar refractivity (Wildman–Crippen MR) is 280 cm³/mol. The second kappa shape index (κ2) is 15.9. The van der Waals surface area contributed by atoms with Gasteiger partial charge in [-0.15, -0.1) is 0 Å². The summed E-state index contributed by atoms with van der Waals surface area (Å²) >= 11 is 0. The number of ether oxygens (including phenoxy) is 1. The molecule has 6 aromatic carbocycles. The summed E-state index contributed by atoms with van der Waals surface area (Å²) in [6.07, 6.45) is 1.95. The summed E-state index contributed by atoms with van der Waals surface area (Å²) in [5.41, 5.74) is 14.1. The third-order valence-electron chi connectivity index (χ3n) is 13.8. The quantitative estimate of drug-likeness (QED) is 0.160. The van der Waals surface area contributed by atoms with Gasteiger partial charge in [0.05, 0.1) is 22.4 Å². The Labute approximate surface area is 394 Å². The number of hydrogen-bond acceptors (Lipinski definition) is 4. The minimum absolute atomic E-state index is 0.00451. The van der Waals surface area contributed by atoms with Gasteiger partial charge in [0.15, 0.2) is 0 Å². The number of nitrogens with zero attached hydrogens (tertiary/aromatic N) is 4. The van der Waals surface area contributed by atoms with E-state index in [1.807, 2.05) is 6.20 Å². The van der Waals surface area contributed by atoms with E-state index in [9.17, 15) is 0 Å². The van der Waals surface area contributed by atoms with Gasteiger partial charge in [0.1, 0.15) is 24.0 Å². The van der Waals surface area contributed by atoms with Gasteiger partial charge < -0.3 is 14.5 Å². The number of anilines is 4. The Morgan fingerprint density at radius 1 is 0.409 bits per heavy atom. The van der Waals surface area contributed by atoms with Crippen molar-refractivity contribution in [1.29, 1.82) is 0 Å². The molecule has 0 aliphatic carbocycles. The first-order valence-corrected chi connectivity index (χ1v) is 23.7. The predicted octanol–water partition coefficient (Wildman–Crippen LogP) is 16.7. The van der Waals surface area contributed by atoms with Gasteiger partial charge in [-0.1, -0.05) is 152 Å². The SMILES string of the molecule is CC(C)(C)c1cccc(N2CN(c3cc(Oc4ccc5c6cc(C(C)(C)C)ccc6n(-c6cc(C(C)(C)C)ccn6)c5c4)cc(C(C)(C)c4ccccc4)c3)c3ccc(C(C)(C)C)cc32)c1. The molecule has 1 aliphatic rings. The highest BCUT2D eigenvalue weighted by Crippen LogP contribution is 2.49. The summed E-state index contributed by atoms with van der Waals surface area (Å²) in [4.78, 5) is 9.94. The van der Waals surface area contributed by atoms with E-state index >= 15 is 0 Å². The highest BCUT2D eigenvalue weighted by Gasteiger charge is 2.33. The van der Waals surface area contributed by atoms with Crippen LogP contribution in [0.1, 0.15) is 130 Å². The van der Waals surface area contributed by atoms with Crippen molar-refractivity contribution in [3.8, 4) is 17.3 Å². The van der Waals surface area contributed by atoms with Crippen LogP contribution in [0, 0.1) is 0 Å². The Balaban J connectivity index is 1.21. The number of fused-ring (bicyclic) bond motifs is 4. The van der Waals surface area contributed by atoms with Crippen LogP contribution in [0.2, 0.25) is 0 Å². The maximum absolute atomic E-state index is 7.14. The van der Waals surface area contributed by atoms with Crippen LogP contribution in [-0.4, -0.2) is 16.2 Å². The topological polar surface area (TPSA) is 33.5 Å². The van der Waals surface area contributed by atoms with Gasteiger partial charge in [-0.25, -0.2) is 4.98 Å². The smallest absolute Gasteiger partial charge is 0.137 e. The zero-order valence-electron chi connectivity index (χ0n) is 41.8. The third kappa shape index (κ3) is 8.38. The van der Waals surface area contributed by atoms with Gasteiger partial charge in [-0.05, 0) is 128 Å². The first-order chi connectivity index (χ1) is 31.0. The Kier molecular flexibility index (Phi) is 10.8. The van der Waals surface area contributed by atoms with Crippen molar-refractivity contribution in [2.24, 2.45) is 0 Å². The molecule has 2 aromatic heterocycles. The Morgan fingerprint density at radius 2 is 1.02 bits per heavy atom. The molecule has 66 heavy (non-hydrogen) atoms. The van der Waals surface area contributed by atoms with Crippen molar-refractivity contribution in [3.63, 3.8) is 0 Å². The van der Waals surface area contributed by atoms with Crippen LogP contribution in [0.5, 0.6) is 11.5 Å². The normalized spacial score (nSPS) is 13.8. The first-order valence-electron chi connectivity index (χ1n) is 23.7. The van der Waals surface area contributed by atoms with Crippen LogP contribution in [0.15, 0.2) is 146 Å². The molecule has 0 saturated heterocycles. The monoisotopic (exact) mass is 873 g/mol. The molecule has 5 heteroatoms. The van der Waals surface area contributed by atoms with Crippen molar-refractivity contribution in [3.05, 3.63) is 179 Å². The molecule has 5 nitrogen and oxygen atoms in total. The van der Waals surface area contributed by atoms with Gasteiger partial charge in [0, 0.05) is 45.9 Å². The summed E-state index contributed by atoms with van der Waals surface area (Å²) in [5.74, 6) is 2.46. The van der Waals surface area contributed by atoms with E-state index in [2.05, 4.69) is 251 Å². The van der Waals surface area contributed by atoms with Gasteiger partial charge >= 0.3 is 0 Å². The van der Waals surface area contributed by atoms with E-state index in [-0.39, 0.29) is 27.1 Å². The summed E-state index contributed by atoms with van der Waals surface area (Å²) in [5, 5.41) is 2.38. The average molecular weight is 873 g/mol. The minimum Gasteiger partial charge on any atom is -0.457 e. The fourth-order valence-corrected chi connectivity index (χ4v) is 9.41. The Morgan fingerprint density at radius 3 is 1.71 bits per heavy atom. The molecule has 1 aliphatic heterocycles. The van der Waals surface area contributed by atoms with E-state index in [4.69, 9.17) is 9.72 Å². The summed E-state index contributed by atoms with van der Waals surface area (Å²) in [7, 11) is 0. The summed E-state index contributed by atoms with van der Waals surface area (Å²) < 4.78 is 9.46. The number of benzene rings is 6. The molecule has 338 valence electrons. The van der Waals surface area contributed by atoms with Crippen LogP contribution < -0.4 is 14.5 Å². The van der Waals surface area contributed by atoms with Crippen molar-refractivity contribution in [2.45, 2.75) is 124 Å². The molecular formula is C61H68N4O. The molecule has 9 rings (SSSR count). The lowest BCUT2D eigenvalue weighted by atomic mass is 9.78. The number of aromatic nitrogens is 2. The molecule has 0 spiro atoms.